The first kappa shape index (κ1) is 15.2. The number of hydrogen-bond acceptors (Lipinski definition) is 3. The topological polar surface area (TPSA) is 55.2 Å². The van der Waals surface area contributed by atoms with Crippen LogP contribution in [-0.2, 0) is 0 Å². The third-order valence-electron chi connectivity index (χ3n) is 3.58. The molecule has 0 saturated heterocycles. The lowest BCUT2D eigenvalue weighted by molar-refractivity contribution is -0.385. The van der Waals surface area contributed by atoms with Crippen LogP contribution in [-0.4, -0.2) is 10.5 Å². The van der Waals surface area contributed by atoms with Crippen molar-refractivity contribution in [2.45, 2.75) is 45.6 Å². The zero-order chi connectivity index (χ0) is 13.8. The van der Waals surface area contributed by atoms with Crippen LogP contribution in [0, 0.1) is 13.7 Å². The van der Waals surface area contributed by atoms with Gasteiger partial charge in [-0.3, -0.25) is 10.1 Å². The van der Waals surface area contributed by atoms with Crippen molar-refractivity contribution >= 4 is 34.0 Å². The van der Waals surface area contributed by atoms with Crippen molar-refractivity contribution in [1.82, 2.24) is 0 Å². The van der Waals surface area contributed by atoms with Gasteiger partial charge in [0.2, 0.25) is 0 Å². The third kappa shape index (κ3) is 3.34. The van der Waals surface area contributed by atoms with E-state index in [0.29, 0.717) is 3.57 Å². The minimum Gasteiger partial charge on any atom is -0.380 e. The first-order chi connectivity index (χ1) is 8.48. The number of anilines is 1. The molecule has 0 atom stereocenters. The Bertz CT molecular complexity index is 423. The Labute approximate surface area is 121 Å². The summed E-state index contributed by atoms with van der Waals surface area (Å²) in [6, 6.07) is 5.19. The average Bonchev–Trinajstić information content (AvgIpc) is 2.36. The fraction of sp³-hybridized carbons (Fsp3) is 0.538. The Morgan fingerprint density at radius 2 is 1.83 bits per heavy atom. The normalized spacial score (nSPS) is 11.3. The zero-order valence-electron chi connectivity index (χ0n) is 11.0. The molecule has 0 aliphatic carbocycles. The molecule has 4 nitrogen and oxygen atoms in total. The van der Waals surface area contributed by atoms with Gasteiger partial charge >= 0.3 is 0 Å². The van der Waals surface area contributed by atoms with E-state index in [1.165, 1.54) is 0 Å². The van der Waals surface area contributed by atoms with E-state index < -0.39 is 0 Å². The second kappa shape index (κ2) is 6.36. The summed E-state index contributed by atoms with van der Waals surface area (Å²) in [7, 11) is 0. The number of nitro groups is 1. The van der Waals surface area contributed by atoms with E-state index in [1.807, 2.05) is 28.7 Å². The minimum absolute atomic E-state index is 0.0826. The molecular weight excluding hydrogens is 343 g/mol. The van der Waals surface area contributed by atoms with Crippen LogP contribution in [0.15, 0.2) is 18.2 Å². The lowest BCUT2D eigenvalue weighted by Crippen LogP contribution is -2.36. The van der Waals surface area contributed by atoms with Crippen LogP contribution in [0.5, 0.6) is 0 Å². The molecule has 0 aliphatic heterocycles. The van der Waals surface area contributed by atoms with Crippen molar-refractivity contribution in [2.75, 3.05) is 5.32 Å². The molecule has 0 bridgehead atoms. The predicted molar refractivity (Wildman–Crippen MR) is 83.0 cm³/mol. The van der Waals surface area contributed by atoms with Crippen LogP contribution in [0.4, 0.5) is 11.4 Å². The average molecular weight is 362 g/mol. The number of nitro benzene ring substituents is 1. The van der Waals surface area contributed by atoms with E-state index in [1.54, 1.807) is 12.1 Å². The summed E-state index contributed by atoms with van der Waals surface area (Å²) in [6.07, 6.45) is 3.11. The third-order valence-corrected chi connectivity index (χ3v) is 4.45. The van der Waals surface area contributed by atoms with Gasteiger partial charge in [0, 0.05) is 17.3 Å². The molecule has 0 heterocycles. The Balaban J connectivity index is 2.98. The zero-order valence-corrected chi connectivity index (χ0v) is 13.2. The van der Waals surface area contributed by atoms with Crippen LogP contribution in [0.2, 0.25) is 0 Å². The lowest BCUT2D eigenvalue weighted by atomic mass is 9.89. The molecule has 0 aliphatic rings. The maximum Gasteiger partial charge on any atom is 0.282 e. The first-order valence-corrected chi connectivity index (χ1v) is 7.28. The summed E-state index contributed by atoms with van der Waals surface area (Å²) in [6.45, 7) is 6.49. The van der Waals surface area contributed by atoms with Gasteiger partial charge in [-0.2, -0.15) is 0 Å². The molecule has 0 saturated carbocycles. The molecule has 0 radical (unpaired) electrons. The Kier molecular flexibility index (Phi) is 5.37. The standard InChI is InChI=1S/C13H19IN2O2/c1-4-13(5-2,6-3)15-10-7-8-12(16(17)18)11(14)9-10/h7-9,15H,4-6H2,1-3H3. The summed E-state index contributed by atoms with van der Waals surface area (Å²) >= 11 is 2.01. The van der Waals surface area contributed by atoms with E-state index in [4.69, 9.17) is 0 Å². The van der Waals surface area contributed by atoms with Crippen LogP contribution in [0.25, 0.3) is 0 Å². The predicted octanol–water partition coefficient (Wildman–Crippen LogP) is 4.58. The smallest absolute Gasteiger partial charge is 0.282 e. The van der Waals surface area contributed by atoms with Crippen LogP contribution in [0.1, 0.15) is 40.0 Å². The van der Waals surface area contributed by atoms with E-state index in [2.05, 4.69) is 26.1 Å². The molecule has 100 valence electrons. The highest BCUT2D eigenvalue weighted by Crippen LogP contribution is 2.29. The van der Waals surface area contributed by atoms with E-state index in [-0.39, 0.29) is 16.1 Å². The molecule has 1 aromatic rings. The molecule has 18 heavy (non-hydrogen) atoms. The van der Waals surface area contributed by atoms with Gasteiger partial charge in [0.15, 0.2) is 0 Å². The molecule has 0 spiro atoms. The number of hydrogen-bond donors (Lipinski definition) is 1. The molecule has 1 aromatic carbocycles. The van der Waals surface area contributed by atoms with Gasteiger partial charge < -0.3 is 5.32 Å². The maximum atomic E-state index is 10.8. The summed E-state index contributed by atoms with van der Waals surface area (Å²) in [4.78, 5) is 10.4. The number of rotatable bonds is 6. The van der Waals surface area contributed by atoms with Gasteiger partial charge in [0.05, 0.1) is 8.49 Å². The van der Waals surface area contributed by atoms with Crippen LogP contribution in [0.3, 0.4) is 0 Å². The number of nitrogens with zero attached hydrogens (tertiary/aromatic N) is 1. The first-order valence-electron chi connectivity index (χ1n) is 6.20. The quantitative estimate of drug-likeness (QED) is 0.458. The van der Waals surface area contributed by atoms with Crippen LogP contribution >= 0.6 is 22.6 Å². The van der Waals surface area contributed by atoms with Crippen molar-refractivity contribution in [1.29, 1.82) is 0 Å². The molecular formula is C13H19IN2O2. The van der Waals surface area contributed by atoms with Gasteiger partial charge in [-0.25, -0.2) is 0 Å². The SMILES string of the molecule is CCC(CC)(CC)Nc1ccc([N+](=O)[O-])c(I)c1. The molecule has 1 N–H and O–H groups in total. The Morgan fingerprint density at radius 1 is 1.28 bits per heavy atom. The highest BCUT2D eigenvalue weighted by Gasteiger charge is 2.24. The molecule has 0 unspecified atom stereocenters. The molecule has 0 aromatic heterocycles. The summed E-state index contributed by atoms with van der Waals surface area (Å²) < 4.78 is 0.666. The second-order valence-corrected chi connectivity index (χ2v) is 5.55. The van der Waals surface area contributed by atoms with Crippen molar-refractivity contribution in [3.8, 4) is 0 Å². The van der Waals surface area contributed by atoms with E-state index in [0.717, 1.165) is 24.9 Å². The maximum absolute atomic E-state index is 10.8. The van der Waals surface area contributed by atoms with Gasteiger partial charge in [0.25, 0.3) is 5.69 Å². The molecule has 5 heteroatoms. The number of halogens is 1. The fourth-order valence-corrected chi connectivity index (χ4v) is 2.77. The van der Waals surface area contributed by atoms with Crippen molar-refractivity contribution in [3.05, 3.63) is 31.9 Å². The summed E-state index contributed by atoms with van der Waals surface area (Å²) in [5.74, 6) is 0. The largest absolute Gasteiger partial charge is 0.380 e. The summed E-state index contributed by atoms with van der Waals surface area (Å²) in [5, 5.41) is 14.3. The molecule has 1 rings (SSSR count). The minimum atomic E-state index is -0.349. The fourth-order valence-electron chi connectivity index (χ4n) is 2.05. The molecule has 0 fully saturated rings. The Morgan fingerprint density at radius 3 is 2.22 bits per heavy atom. The Hall–Kier alpha value is -0.850. The second-order valence-electron chi connectivity index (χ2n) is 4.39. The van der Waals surface area contributed by atoms with Crippen molar-refractivity contribution in [2.24, 2.45) is 0 Å². The van der Waals surface area contributed by atoms with Gasteiger partial charge in [-0.05, 0) is 54.0 Å². The number of benzene rings is 1. The van der Waals surface area contributed by atoms with E-state index in [9.17, 15) is 10.1 Å². The monoisotopic (exact) mass is 362 g/mol. The van der Waals surface area contributed by atoms with Gasteiger partial charge in [0.1, 0.15) is 0 Å². The highest BCUT2D eigenvalue weighted by atomic mass is 127. The highest BCUT2D eigenvalue weighted by molar-refractivity contribution is 14.1. The number of nitrogens with one attached hydrogen (secondary N) is 1. The van der Waals surface area contributed by atoms with Crippen molar-refractivity contribution < 1.29 is 4.92 Å². The lowest BCUT2D eigenvalue weighted by Gasteiger charge is -2.33. The van der Waals surface area contributed by atoms with Crippen molar-refractivity contribution in [3.63, 3.8) is 0 Å². The van der Waals surface area contributed by atoms with Gasteiger partial charge in [-0.1, -0.05) is 20.8 Å². The van der Waals surface area contributed by atoms with E-state index >= 15 is 0 Å². The van der Waals surface area contributed by atoms with Crippen LogP contribution < -0.4 is 5.32 Å². The summed E-state index contributed by atoms with van der Waals surface area (Å²) in [5.41, 5.74) is 1.20. The molecule has 0 amide bonds. The van der Waals surface area contributed by atoms with Gasteiger partial charge in [-0.15, -0.1) is 0 Å².